The Morgan fingerprint density at radius 2 is 1.96 bits per heavy atom. The molecule has 4 rings (SSSR count). The van der Waals surface area contributed by atoms with Crippen molar-refractivity contribution in [2.24, 2.45) is 4.99 Å². The van der Waals surface area contributed by atoms with E-state index >= 15 is 0 Å². The van der Waals surface area contributed by atoms with E-state index in [-0.39, 0.29) is 5.78 Å². The lowest BCUT2D eigenvalue weighted by Crippen LogP contribution is -2.54. The number of rotatable bonds is 3. The third kappa shape index (κ3) is 4.01. The molecule has 0 unspecified atom stereocenters. The highest BCUT2D eigenvalue weighted by atomic mass is 16.1. The van der Waals surface area contributed by atoms with Crippen LogP contribution in [0.1, 0.15) is 12.1 Å². The number of nitrogens with zero attached hydrogens (tertiary/aromatic N) is 4. The Labute approximate surface area is 160 Å². The number of allylic oxidation sites excluding steroid dienone is 2. The van der Waals surface area contributed by atoms with Crippen LogP contribution in [-0.2, 0) is 4.79 Å². The van der Waals surface area contributed by atoms with Crippen LogP contribution >= 0.6 is 0 Å². The predicted molar refractivity (Wildman–Crippen MR) is 106 cm³/mol. The van der Waals surface area contributed by atoms with E-state index in [1.807, 2.05) is 18.2 Å². The van der Waals surface area contributed by atoms with Crippen LogP contribution in [0.25, 0.3) is 0 Å². The van der Waals surface area contributed by atoms with Gasteiger partial charge in [0, 0.05) is 24.5 Å². The van der Waals surface area contributed by atoms with E-state index < -0.39 is 0 Å². The van der Waals surface area contributed by atoms with Crippen LogP contribution in [0.3, 0.4) is 0 Å². The van der Waals surface area contributed by atoms with E-state index in [0.29, 0.717) is 12.1 Å². The number of aliphatic imine (C=N–C) groups is 1. The molecule has 6 heteroatoms. The maximum Gasteiger partial charge on any atom is 0.163 e. The minimum Gasteiger partial charge on any atom is -0.380 e. The van der Waals surface area contributed by atoms with Crippen LogP contribution in [0.2, 0.25) is 0 Å². The summed E-state index contributed by atoms with van der Waals surface area (Å²) in [5.41, 5.74) is 4.32. The maximum absolute atomic E-state index is 12.3. The zero-order chi connectivity index (χ0) is 18.9. The first-order valence-electron chi connectivity index (χ1n) is 9.47. The number of carbonyl (C=O) groups excluding carboxylic acids is 1. The topological polar surface area (TPSA) is 57.6 Å². The summed E-state index contributed by atoms with van der Waals surface area (Å²) in [5, 5.41) is 3.37. The lowest BCUT2D eigenvalue weighted by atomic mass is 10.0. The summed E-state index contributed by atoms with van der Waals surface area (Å²) in [6.45, 7) is 5.11. The molecule has 27 heavy (non-hydrogen) atoms. The number of carbonyl (C=O) groups is 1. The van der Waals surface area contributed by atoms with Gasteiger partial charge in [-0.05, 0) is 24.3 Å². The SMILES string of the molecule is C[N+]1(C)CCN(C2=CCNC(C3=CC(=O)CC(c4ccccn4)=N3)=C2)CC1. The van der Waals surface area contributed by atoms with Crippen LogP contribution in [0.4, 0.5) is 0 Å². The first kappa shape index (κ1) is 17.7. The molecule has 0 aliphatic carbocycles. The Balaban J connectivity index is 1.57. The largest absolute Gasteiger partial charge is 0.380 e. The lowest BCUT2D eigenvalue weighted by molar-refractivity contribution is -0.894. The number of aromatic nitrogens is 1. The maximum atomic E-state index is 12.3. The van der Waals surface area contributed by atoms with Crippen molar-refractivity contribution in [3.63, 3.8) is 0 Å². The van der Waals surface area contributed by atoms with Gasteiger partial charge in [0.2, 0.25) is 0 Å². The summed E-state index contributed by atoms with van der Waals surface area (Å²) >= 11 is 0. The fourth-order valence-corrected chi connectivity index (χ4v) is 3.58. The minimum absolute atomic E-state index is 0.0662. The van der Waals surface area contributed by atoms with E-state index in [2.05, 4.69) is 41.4 Å². The number of ketones is 1. The third-order valence-corrected chi connectivity index (χ3v) is 5.34. The van der Waals surface area contributed by atoms with Gasteiger partial charge in [0.05, 0.1) is 69.5 Å². The van der Waals surface area contributed by atoms with Crippen LogP contribution < -0.4 is 5.32 Å². The van der Waals surface area contributed by atoms with Crippen LogP contribution in [0, 0.1) is 0 Å². The molecule has 1 aromatic heterocycles. The average molecular weight is 364 g/mol. The van der Waals surface area contributed by atoms with Gasteiger partial charge in [-0.2, -0.15) is 0 Å². The molecule has 3 aliphatic rings. The number of hydrogen-bond donors (Lipinski definition) is 1. The fraction of sp³-hybridized carbons (Fsp3) is 0.381. The van der Waals surface area contributed by atoms with Crippen molar-refractivity contribution in [3.05, 3.63) is 65.4 Å². The second-order valence-corrected chi connectivity index (χ2v) is 7.88. The molecule has 1 fully saturated rings. The molecular weight excluding hydrogens is 338 g/mol. The molecule has 0 spiro atoms. The highest BCUT2D eigenvalue weighted by molar-refractivity contribution is 6.15. The molecular formula is C21H26N5O+. The smallest absolute Gasteiger partial charge is 0.163 e. The van der Waals surface area contributed by atoms with E-state index in [9.17, 15) is 4.79 Å². The van der Waals surface area contributed by atoms with Crippen LogP contribution in [0.5, 0.6) is 0 Å². The van der Waals surface area contributed by atoms with Crippen molar-refractivity contribution in [3.8, 4) is 0 Å². The van der Waals surface area contributed by atoms with Gasteiger partial charge >= 0.3 is 0 Å². The van der Waals surface area contributed by atoms with Gasteiger partial charge < -0.3 is 14.7 Å². The zero-order valence-electron chi connectivity index (χ0n) is 16.0. The molecule has 3 aliphatic heterocycles. The summed E-state index contributed by atoms with van der Waals surface area (Å²) in [5.74, 6) is 0.0662. The molecule has 6 nitrogen and oxygen atoms in total. The molecule has 1 saturated heterocycles. The van der Waals surface area contributed by atoms with Gasteiger partial charge in [-0.15, -0.1) is 0 Å². The monoisotopic (exact) mass is 364 g/mol. The molecule has 0 saturated carbocycles. The van der Waals surface area contributed by atoms with E-state index in [1.165, 1.54) is 5.70 Å². The normalized spacial score (nSPS) is 22.3. The number of quaternary nitrogens is 1. The number of hydrogen-bond acceptors (Lipinski definition) is 5. The summed E-state index contributed by atoms with van der Waals surface area (Å²) in [6.07, 6.45) is 8.01. The van der Waals surface area contributed by atoms with Crippen molar-refractivity contribution in [2.75, 3.05) is 46.8 Å². The summed E-state index contributed by atoms with van der Waals surface area (Å²) in [4.78, 5) is 23.8. The highest BCUT2D eigenvalue weighted by Crippen LogP contribution is 2.23. The van der Waals surface area contributed by atoms with E-state index in [4.69, 9.17) is 4.99 Å². The number of nitrogens with one attached hydrogen (secondary N) is 1. The predicted octanol–water partition coefficient (Wildman–Crippen LogP) is 1.49. The first-order valence-corrected chi connectivity index (χ1v) is 9.47. The Bertz CT molecular complexity index is 854. The fourth-order valence-electron chi connectivity index (χ4n) is 3.58. The van der Waals surface area contributed by atoms with Crippen LogP contribution in [0.15, 0.2) is 64.7 Å². The Kier molecular flexibility index (Phi) is 4.66. The van der Waals surface area contributed by atoms with E-state index in [1.54, 1.807) is 12.3 Å². The van der Waals surface area contributed by atoms with Gasteiger partial charge in [-0.1, -0.05) is 6.07 Å². The molecule has 140 valence electrons. The van der Waals surface area contributed by atoms with Gasteiger partial charge in [-0.25, -0.2) is 4.99 Å². The molecule has 4 heterocycles. The standard InChI is InChI=1S/C21H26N5O/c1-26(2)11-9-25(10-12-26)16-6-8-23-19(13-16)21-15-17(27)14-20(24-21)18-5-3-4-7-22-18/h3-7,13,15,23H,8-12,14H2,1-2H3/q+1. The molecule has 1 N–H and O–H groups in total. The lowest BCUT2D eigenvalue weighted by Gasteiger charge is -2.41. The van der Waals surface area contributed by atoms with Gasteiger partial charge in [0.1, 0.15) is 0 Å². The Morgan fingerprint density at radius 3 is 2.70 bits per heavy atom. The van der Waals surface area contributed by atoms with Gasteiger partial charge in [0.25, 0.3) is 0 Å². The molecule has 0 amide bonds. The summed E-state index contributed by atoms with van der Waals surface area (Å²) < 4.78 is 1.07. The zero-order valence-corrected chi connectivity index (χ0v) is 16.0. The second kappa shape index (κ2) is 7.12. The summed E-state index contributed by atoms with van der Waals surface area (Å²) in [7, 11) is 4.56. The van der Waals surface area contributed by atoms with Crippen molar-refractivity contribution in [1.82, 2.24) is 15.2 Å². The number of dihydropyridines is 1. The number of likely N-dealkylation sites (N-methyl/N-ethyl adjacent to an activating group) is 1. The molecule has 1 aromatic rings. The number of pyridine rings is 1. The number of piperazine rings is 1. The van der Waals surface area contributed by atoms with Crippen LogP contribution in [-0.4, -0.2) is 72.7 Å². The first-order chi connectivity index (χ1) is 13.0. The molecule has 0 aromatic carbocycles. The van der Waals surface area contributed by atoms with Crippen molar-refractivity contribution >= 4 is 11.5 Å². The second-order valence-electron chi connectivity index (χ2n) is 7.88. The molecule has 0 radical (unpaired) electrons. The quantitative estimate of drug-likeness (QED) is 0.826. The van der Waals surface area contributed by atoms with Gasteiger partial charge in [0.15, 0.2) is 5.78 Å². The van der Waals surface area contributed by atoms with Crippen molar-refractivity contribution in [2.45, 2.75) is 6.42 Å². The van der Waals surface area contributed by atoms with Crippen molar-refractivity contribution in [1.29, 1.82) is 0 Å². The summed E-state index contributed by atoms with van der Waals surface area (Å²) in [6, 6.07) is 5.69. The average Bonchev–Trinajstić information content (AvgIpc) is 2.68. The minimum atomic E-state index is 0.0662. The highest BCUT2D eigenvalue weighted by Gasteiger charge is 2.26. The third-order valence-electron chi connectivity index (χ3n) is 5.34. The Hall–Kier alpha value is -2.73. The van der Waals surface area contributed by atoms with Crippen molar-refractivity contribution < 1.29 is 9.28 Å². The van der Waals surface area contributed by atoms with E-state index in [0.717, 1.165) is 54.3 Å². The van der Waals surface area contributed by atoms with Gasteiger partial charge in [-0.3, -0.25) is 9.78 Å². The molecule has 0 atom stereocenters. The molecule has 0 bridgehead atoms. The Morgan fingerprint density at radius 1 is 1.15 bits per heavy atom.